The van der Waals surface area contributed by atoms with Gasteiger partial charge in [0.1, 0.15) is 24.1 Å². The van der Waals surface area contributed by atoms with Crippen LogP contribution in [0, 0.1) is 81.3 Å². The largest absolute Gasteiger partial charge is 0.469 e. The molecule has 4 N–H and O–H groups in total. The monoisotopic (exact) mass is 944 g/mol. The van der Waals surface area contributed by atoms with Gasteiger partial charge >= 0.3 is 11.9 Å². The van der Waals surface area contributed by atoms with E-state index in [-0.39, 0.29) is 60.8 Å². The normalized spacial score (nSPS) is 47.0. The lowest BCUT2D eigenvalue weighted by atomic mass is 9.31. The Hall–Kier alpha value is -4.03. The molecular formula is C56H68N2O11. The van der Waals surface area contributed by atoms with Gasteiger partial charge in [-0.15, -0.1) is 0 Å². The molecule has 1 aromatic heterocycles. The zero-order chi connectivity index (χ0) is 47.5. The maximum atomic E-state index is 15.9. The van der Waals surface area contributed by atoms with Gasteiger partial charge in [0.2, 0.25) is 0 Å². The summed E-state index contributed by atoms with van der Waals surface area (Å²) in [5, 5.41) is 39.7. The van der Waals surface area contributed by atoms with Crippen molar-refractivity contribution in [1.82, 2.24) is 10.2 Å². The van der Waals surface area contributed by atoms with Gasteiger partial charge in [0.15, 0.2) is 17.5 Å². The lowest BCUT2D eigenvalue weighted by Crippen LogP contribution is -2.81. The van der Waals surface area contributed by atoms with Crippen LogP contribution in [0.5, 0.6) is 0 Å². The minimum Gasteiger partial charge on any atom is -0.469 e. The van der Waals surface area contributed by atoms with Gasteiger partial charge in [-0.3, -0.25) is 14.9 Å². The van der Waals surface area contributed by atoms with Gasteiger partial charge in [-0.2, -0.15) is 0 Å². The van der Waals surface area contributed by atoms with Crippen molar-refractivity contribution < 1.29 is 53.1 Å². The van der Waals surface area contributed by atoms with E-state index in [9.17, 15) is 20.1 Å². The fourth-order valence-electron chi connectivity index (χ4n) is 18.7. The molecule has 13 heteroatoms. The molecule has 13 nitrogen and oxygen atoms in total. The van der Waals surface area contributed by atoms with Crippen LogP contribution in [0.2, 0.25) is 0 Å². The Morgan fingerprint density at radius 2 is 1.84 bits per heavy atom. The standard InChI is InChI=1S/C56H68N2O11/c1-51(2)47-46(62)48(63)55-39-23-32(22-31-8-5-4-6-9-31)11-12-33(39)10-7-18-54(52(3,56(55)49(68-56)50(64)69-54)19-15-43(55)53(47)29-66-45(61)26-44(53)67-51)38-17-21-65-42(38)25-37(41(60)28-59)34-13-14-36-35(24-34)16-20-58-30-57-27-40(36)58/h4-6,8-9,16-17,20-21,32-37,39-41,43-44,47-49,57,59-60,63H,11-15,18-19,22-30H2,1-3H3. The Labute approximate surface area is 404 Å². The summed E-state index contributed by atoms with van der Waals surface area (Å²) >= 11 is 0. The summed E-state index contributed by atoms with van der Waals surface area (Å²) in [4.78, 5) is 46.8. The van der Waals surface area contributed by atoms with Crippen LogP contribution >= 0.6 is 0 Å². The van der Waals surface area contributed by atoms with E-state index in [1.54, 1.807) is 6.26 Å². The summed E-state index contributed by atoms with van der Waals surface area (Å²) in [5.74, 6) is 5.72. The van der Waals surface area contributed by atoms with Gasteiger partial charge in [0, 0.05) is 46.7 Å². The van der Waals surface area contributed by atoms with E-state index in [0.29, 0.717) is 54.9 Å². The number of aliphatic hydroxyl groups is 3. The summed E-state index contributed by atoms with van der Waals surface area (Å²) in [6.45, 7) is 7.37. The molecule has 3 spiro atoms. The Kier molecular flexibility index (Phi) is 10.1. The third kappa shape index (κ3) is 5.79. The van der Waals surface area contributed by atoms with Crippen molar-refractivity contribution in [3.63, 3.8) is 0 Å². The molecule has 0 radical (unpaired) electrons. The maximum Gasteiger partial charge on any atom is 0.339 e. The number of hydrogen-bond acceptors (Lipinski definition) is 13. The molecule has 4 bridgehead atoms. The van der Waals surface area contributed by atoms with E-state index in [1.165, 1.54) is 5.56 Å². The smallest absolute Gasteiger partial charge is 0.339 e. The quantitative estimate of drug-likeness (QED) is 0.154. The zero-order valence-corrected chi connectivity index (χ0v) is 40.1. The minimum atomic E-state index is -1.54. The average Bonchev–Trinajstić information content (AvgIpc) is 3.56. The number of nitrogens with zero attached hydrogens (tertiary/aromatic N) is 1. The number of benzene rings is 1. The highest BCUT2D eigenvalue weighted by Gasteiger charge is 2.95. The number of carbonyl (C=O) groups excluding carboxylic acids is 3. The Morgan fingerprint density at radius 1 is 1.00 bits per heavy atom. The van der Waals surface area contributed by atoms with Crippen LogP contribution in [0.15, 0.2) is 59.4 Å². The first kappa shape index (κ1) is 44.9. The van der Waals surface area contributed by atoms with Gasteiger partial charge in [0.25, 0.3) is 0 Å². The second-order valence-electron chi connectivity index (χ2n) is 24.2. The summed E-state index contributed by atoms with van der Waals surface area (Å²) in [6.07, 6.45) is 9.34. The second-order valence-corrected chi connectivity index (χ2v) is 24.2. The topological polar surface area (TPSA) is 181 Å². The van der Waals surface area contributed by atoms with Gasteiger partial charge in [-0.05, 0) is 131 Å². The number of esters is 2. The van der Waals surface area contributed by atoms with Crippen molar-refractivity contribution in [2.24, 2.45) is 69.5 Å². The molecule has 0 amide bonds. The van der Waals surface area contributed by atoms with E-state index >= 15 is 9.59 Å². The molecule has 5 aliphatic carbocycles. The molecule has 5 saturated heterocycles. The van der Waals surface area contributed by atoms with Crippen LogP contribution in [0.4, 0.5) is 0 Å². The Bertz CT molecular complexity index is 2530. The fraction of sp³-hybridized carbons (Fsp3) is 0.696. The number of allylic oxidation sites excluding steroid dienone is 1. The summed E-state index contributed by atoms with van der Waals surface area (Å²) < 4.78 is 33.8. The van der Waals surface area contributed by atoms with E-state index in [2.05, 4.69) is 65.5 Å². The molecular weight excluding hydrogens is 877 g/mol. The lowest BCUT2D eigenvalue weighted by molar-refractivity contribution is -0.295. The van der Waals surface area contributed by atoms with Crippen LogP contribution in [-0.4, -0.2) is 106 Å². The molecule has 13 rings (SSSR count). The predicted molar refractivity (Wildman–Crippen MR) is 248 cm³/mol. The molecule has 6 aliphatic heterocycles. The highest BCUT2D eigenvalue weighted by Crippen LogP contribution is 2.84. The number of hydrogen-bond donors (Lipinski definition) is 4. The number of fused-ring (bicyclic) bond motifs is 4. The number of ketones is 1. The van der Waals surface area contributed by atoms with Crippen molar-refractivity contribution in [2.75, 3.05) is 26.4 Å². The number of ether oxygens (including phenoxy) is 4. The first-order valence-corrected chi connectivity index (χ1v) is 26.2. The van der Waals surface area contributed by atoms with Crippen LogP contribution in [0.1, 0.15) is 102 Å². The number of furan rings is 1. The van der Waals surface area contributed by atoms with Gasteiger partial charge < -0.3 is 43.6 Å². The van der Waals surface area contributed by atoms with Crippen molar-refractivity contribution in [1.29, 1.82) is 0 Å². The van der Waals surface area contributed by atoms with Gasteiger partial charge in [-0.25, -0.2) is 4.79 Å². The number of aliphatic hydroxyl groups excluding tert-OH is 3. The third-order valence-corrected chi connectivity index (χ3v) is 21.3. The van der Waals surface area contributed by atoms with Crippen LogP contribution in [0.3, 0.4) is 0 Å². The second kappa shape index (κ2) is 15.5. The summed E-state index contributed by atoms with van der Waals surface area (Å²) in [7, 11) is 0. The minimum absolute atomic E-state index is 0.00486. The fourth-order valence-corrected chi connectivity index (χ4v) is 18.7. The highest BCUT2D eigenvalue weighted by molar-refractivity contribution is 5.92. The van der Waals surface area contributed by atoms with Crippen molar-refractivity contribution in [2.45, 2.75) is 145 Å². The molecule has 9 fully saturated rings. The number of nitrogens with one attached hydrogen (secondary N) is 1. The molecule has 69 heavy (non-hydrogen) atoms. The molecule has 368 valence electrons. The maximum absolute atomic E-state index is 15.9. The SMILES string of the molecule is CC1(C)OC2CC(=O)OCC23C1C(=O)C(O)C12C4CC(Cc5ccccc5)CCC4C#CCC4(c5ccoc5CC(C(O)CO)C5CCC6C(C=CN7CNCC67)C5)OC(=O)C5OC51C4(C)CCC32. The molecule has 7 heterocycles. The van der Waals surface area contributed by atoms with E-state index in [0.717, 1.165) is 51.7 Å². The van der Waals surface area contributed by atoms with Crippen molar-refractivity contribution >= 4 is 17.7 Å². The Morgan fingerprint density at radius 3 is 2.67 bits per heavy atom. The number of Topliss-reactive ketones (excluding diaryl/α,β-unsaturated/α-hetero) is 1. The molecule has 1 aromatic carbocycles. The van der Waals surface area contributed by atoms with Crippen LogP contribution < -0.4 is 5.32 Å². The zero-order valence-electron chi connectivity index (χ0n) is 40.1. The number of carbonyl (C=O) groups is 3. The summed E-state index contributed by atoms with van der Waals surface area (Å²) in [6, 6.07) is 12.8. The van der Waals surface area contributed by atoms with Crippen LogP contribution in [0.25, 0.3) is 0 Å². The average molecular weight is 945 g/mol. The van der Waals surface area contributed by atoms with Crippen molar-refractivity contribution in [3.8, 4) is 11.8 Å². The first-order valence-electron chi connectivity index (χ1n) is 26.2. The number of epoxide rings is 1. The number of cyclic esters (lactones) is 1. The first-order chi connectivity index (χ1) is 33.2. The molecule has 19 unspecified atom stereocenters. The Balaban J connectivity index is 0.957. The van der Waals surface area contributed by atoms with Crippen molar-refractivity contribution in [3.05, 3.63) is 71.8 Å². The number of rotatable bonds is 8. The predicted octanol–water partition coefficient (Wildman–Crippen LogP) is 5.23. The van der Waals surface area contributed by atoms with E-state index < -0.39 is 81.9 Å². The van der Waals surface area contributed by atoms with Gasteiger partial charge in [-0.1, -0.05) is 55.2 Å². The van der Waals surface area contributed by atoms with E-state index in [4.69, 9.17) is 23.4 Å². The van der Waals surface area contributed by atoms with Gasteiger partial charge in [0.05, 0.1) is 56.1 Å². The van der Waals surface area contributed by atoms with Crippen LogP contribution in [-0.2, 0) is 51.8 Å². The van der Waals surface area contributed by atoms with E-state index in [1.807, 2.05) is 26.0 Å². The molecule has 4 saturated carbocycles. The third-order valence-electron chi connectivity index (χ3n) is 21.3. The highest BCUT2D eigenvalue weighted by atomic mass is 16.7. The molecule has 19 atom stereocenters. The molecule has 2 aromatic rings. The molecule has 11 aliphatic rings. The lowest BCUT2D eigenvalue weighted by Gasteiger charge is -2.71. The summed E-state index contributed by atoms with van der Waals surface area (Å²) in [5.41, 5.74) is -5.36.